The number of hydrogen-bond acceptors (Lipinski definition) is 4. The van der Waals surface area contributed by atoms with Crippen molar-refractivity contribution in [1.29, 1.82) is 0 Å². The maximum absolute atomic E-state index is 12.2. The van der Waals surface area contributed by atoms with Crippen molar-refractivity contribution < 1.29 is 9.53 Å². The third-order valence-electron chi connectivity index (χ3n) is 5.37. The van der Waals surface area contributed by atoms with Gasteiger partial charge in [-0.25, -0.2) is 0 Å². The minimum atomic E-state index is 0.119. The van der Waals surface area contributed by atoms with E-state index in [2.05, 4.69) is 21.5 Å². The highest BCUT2D eigenvalue weighted by atomic mass is 16.5. The Hall–Kier alpha value is -1.40. The number of aromatic nitrogens is 2. The molecular formula is C19H32N4O2. The number of carbonyl (C=O) groups excluding carboxylic acids is 1. The lowest BCUT2D eigenvalue weighted by Gasteiger charge is -2.23. The maximum atomic E-state index is 12.2. The average Bonchev–Trinajstić information content (AvgIpc) is 3.24. The van der Waals surface area contributed by atoms with E-state index in [1.807, 2.05) is 17.9 Å². The van der Waals surface area contributed by atoms with Crippen LogP contribution < -0.4 is 5.32 Å². The summed E-state index contributed by atoms with van der Waals surface area (Å²) in [7, 11) is 1.94. The van der Waals surface area contributed by atoms with Gasteiger partial charge in [0.05, 0.1) is 18.8 Å². The first-order chi connectivity index (χ1) is 12.2. The first kappa shape index (κ1) is 18.4. The van der Waals surface area contributed by atoms with Crippen molar-refractivity contribution in [2.45, 2.75) is 63.5 Å². The van der Waals surface area contributed by atoms with Crippen molar-refractivity contribution in [1.82, 2.24) is 20.0 Å². The van der Waals surface area contributed by atoms with Gasteiger partial charge in [-0.15, -0.1) is 0 Å². The largest absolute Gasteiger partial charge is 0.378 e. The maximum Gasteiger partial charge on any atom is 0.234 e. The molecule has 140 valence electrons. The molecule has 2 fully saturated rings. The topological polar surface area (TPSA) is 59.4 Å². The monoisotopic (exact) mass is 348 g/mol. The molecule has 0 radical (unpaired) electrons. The van der Waals surface area contributed by atoms with Crippen LogP contribution in [0, 0.1) is 0 Å². The first-order valence-electron chi connectivity index (χ1n) is 9.83. The van der Waals surface area contributed by atoms with Gasteiger partial charge in [0.2, 0.25) is 5.91 Å². The van der Waals surface area contributed by atoms with Gasteiger partial charge >= 0.3 is 0 Å². The number of nitrogens with one attached hydrogen (secondary N) is 1. The molecule has 0 spiro atoms. The molecule has 1 aromatic rings. The van der Waals surface area contributed by atoms with Gasteiger partial charge in [0, 0.05) is 38.0 Å². The van der Waals surface area contributed by atoms with E-state index in [-0.39, 0.29) is 5.91 Å². The summed E-state index contributed by atoms with van der Waals surface area (Å²) in [6, 6.07) is 0.328. The van der Waals surface area contributed by atoms with Crippen LogP contribution in [-0.4, -0.2) is 52.9 Å². The lowest BCUT2D eigenvalue weighted by molar-refractivity contribution is -0.122. The molecular weight excluding hydrogens is 316 g/mol. The highest BCUT2D eigenvalue weighted by Crippen LogP contribution is 2.30. The van der Waals surface area contributed by atoms with E-state index in [1.54, 1.807) is 0 Å². The standard InChI is InChI=1S/C19H32N4O2/c1-22-14-16(13-21-22)18-9-5-11-23(18)15-19(24)20-10-6-12-25-17-7-3-2-4-8-17/h13-14,17-18H,2-12,15H2,1H3,(H,20,24)/t18-/m0/s1. The van der Waals surface area contributed by atoms with Gasteiger partial charge in [0.1, 0.15) is 0 Å². The number of aryl methyl sites for hydroxylation is 1. The van der Waals surface area contributed by atoms with E-state index in [9.17, 15) is 4.79 Å². The van der Waals surface area contributed by atoms with Crippen LogP contribution >= 0.6 is 0 Å². The van der Waals surface area contributed by atoms with E-state index >= 15 is 0 Å². The van der Waals surface area contributed by atoms with E-state index in [0.717, 1.165) is 32.4 Å². The van der Waals surface area contributed by atoms with Crippen LogP contribution in [0.1, 0.15) is 63.0 Å². The van der Waals surface area contributed by atoms with Gasteiger partial charge in [0.25, 0.3) is 0 Å². The summed E-state index contributed by atoms with van der Waals surface area (Å²) < 4.78 is 7.74. The Bertz CT molecular complexity index is 539. The number of rotatable bonds is 8. The molecule has 1 atom stereocenters. The molecule has 1 amide bonds. The van der Waals surface area contributed by atoms with Gasteiger partial charge < -0.3 is 10.1 Å². The average molecular weight is 348 g/mol. The van der Waals surface area contributed by atoms with E-state index < -0.39 is 0 Å². The van der Waals surface area contributed by atoms with Crippen molar-refractivity contribution in [2.24, 2.45) is 7.05 Å². The Morgan fingerprint density at radius 1 is 1.28 bits per heavy atom. The van der Waals surface area contributed by atoms with Gasteiger partial charge in [-0.05, 0) is 38.6 Å². The van der Waals surface area contributed by atoms with Crippen LogP contribution in [0.4, 0.5) is 0 Å². The predicted octanol–water partition coefficient (Wildman–Crippen LogP) is 2.41. The molecule has 1 aromatic heterocycles. The quantitative estimate of drug-likeness (QED) is 0.733. The molecule has 0 bridgehead atoms. The Kier molecular flexibility index (Phi) is 6.87. The van der Waals surface area contributed by atoms with Crippen molar-refractivity contribution in [3.8, 4) is 0 Å². The van der Waals surface area contributed by atoms with Crippen LogP contribution in [0.5, 0.6) is 0 Å². The zero-order valence-electron chi connectivity index (χ0n) is 15.5. The highest BCUT2D eigenvalue weighted by Gasteiger charge is 2.28. The smallest absolute Gasteiger partial charge is 0.234 e. The second-order valence-corrected chi connectivity index (χ2v) is 7.41. The molecule has 25 heavy (non-hydrogen) atoms. The van der Waals surface area contributed by atoms with Gasteiger partial charge in [0.15, 0.2) is 0 Å². The Morgan fingerprint density at radius 3 is 2.88 bits per heavy atom. The third-order valence-corrected chi connectivity index (χ3v) is 5.37. The van der Waals surface area contributed by atoms with Crippen LogP contribution in [0.25, 0.3) is 0 Å². The Balaban J connectivity index is 1.32. The summed E-state index contributed by atoms with van der Waals surface area (Å²) in [5, 5.41) is 7.30. The van der Waals surface area contributed by atoms with Gasteiger partial charge in [-0.1, -0.05) is 19.3 Å². The predicted molar refractivity (Wildman–Crippen MR) is 97.2 cm³/mol. The summed E-state index contributed by atoms with van der Waals surface area (Å²) in [6.07, 6.45) is 13.9. The number of ether oxygens (including phenoxy) is 1. The van der Waals surface area contributed by atoms with Crippen molar-refractivity contribution in [3.63, 3.8) is 0 Å². The fourth-order valence-corrected chi connectivity index (χ4v) is 4.03. The second kappa shape index (κ2) is 9.34. The number of carbonyl (C=O) groups is 1. The third kappa shape index (κ3) is 5.54. The van der Waals surface area contributed by atoms with Crippen LogP contribution in [0.3, 0.4) is 0 Å². The van der Waals surface area contributed by atoms with Gasteiger partial charge in [-0.3, -0.25) is 14.4 Å². The molecule has 3 rings (SSSR count). The molecule has 1 aliphatic carbocycles. The molecule has 0 aromatic carbocycles. The Morgan fingerprint density at radius 2 is 2.12 bits per heavy atom. The summed E-state index contributed by atoms with van der Waals surface area (Å²) in [6.45, 7) is 2.92. The molecule has 2 heterocycles. The highest BCUT2D eigenvalue weighted by molar-refractivity contribution is 5.78. The molecule has 1 N–H and O–H groups in total. The zero-order valence-corrected chi connectivity index (χ0v) is 15.5. The molecule has 1 aliphatic heterocycles. The van der Waals surface area contributed by atoms with Crippen molar-refractivity contribution >= 4 is 5.91 Å². The molecule has 2 aliphatic rings. The second-order valence-electron chi connectivity index (χ2n) is 7.41. The van der Waals surface area contributed by atoms with E-state index in [4.69, 9.17) is 4.74 Å². The fourth-order valence-electron chi connectivity index (χ4n) is 4.03. The first-order valence-corrected chi connectivity index (χ1v) is 9.83. The number of likely N-dealkylation sites (tertiary alicyclic amines) is 1. The lowest BCUT2D eigenvalue weighted by atomic mass is 9.98. The molecule has 1 saturated heterocycles. The number of hydrogen-bond donors (Lipinski definition) is 1. The summed E-state index contributed by atoms with van der Waals surface area (Å²) >= 11 is 0. The lowest BCUT2D eigenvalue weighted by Crippen LogP contribution is -2.37. The van der Waals surface area contributed by atoms with E-state index in [0.29, 0.717) is 25.2 Å². The van der Waals surface area contributed by atoms with Gasteiger partial charge in [-0.2, -0.15) is 5.10 Å². The number of amides is 1. The number of nitrogens with zero attached hydrogens (tertiary/aromatic N) is 3. The SMILES string of the molecule is Cn1cc([C@@H]2CCCN2CC(=O)NCCCOC2CCCCC2)cn1. The normalized spacial score (nSPS) is 22.4. The molecule has 6 heteroatoms. The van der Waals surface area contributed by atoms with Crippen molar-refractivity contribution in [2.75, 3.05) is 26.2 Å². The van der Waals surface area contributed by atoms with Crippen molar-refractivity contribution in [3.05, 3.63) is 18.0 Å². The minimum absolute atomic E-state index is 0.119. The molecule has 6 nitrogen and oxygen atoms in total. The summed E-state index contributed by atoms with van der Waals surface area (Å²) in [4.78, 5) is 14.5. The Labute approximate surface area is 150 Å². The van der Waals surface area contributed by atoms with Crippen LogP contribution in [0.15, 0.2) is 12.4 Å². The summed E-state index contributed by atoms with van der Waals surface area (Å²) in [5.41, 5.74) is 1.22. The minimum Gasteiger partial charge on any atom is -0.378 e. The molecule has 0 unspecified atom stereocenters. The fraction of sp³-hybridized carbons (Fsp3) is 0.789. The molecule has 1 saturated carbocycles. The van der Waals surface area contributed by atoms with E-state index in [1.165, 1.54) is 37.7 Å². The van der Waals surface area contributed by atoms with Crippen LogP contribution in [-0.2, 0) is 16.6 Å². The zero-order chi connectivity index (χ0) is 17.5. The summed E-state index contributed by atoms with van der Waals surface area (Å²) in [5.74, 6) is 0.119. The van der Waals surface area contributed by atoms with Crippen LogP contribution in [0.2, 0.25) is 0 Å².